The van der Waals surface area contributed by atoms with E-state index >= 15 is 0 Å². The van der Waals surface area contributed by atoms with Crippen molar-refractivity contribution >= 4 is 23.5 Å². The van der Waals surface area contributed by atoms with Crippen LogP contribution in [0.25, 0.3) is 0 Å². The highest BCUT2D eigenvalue weighted by molar-refractivity contribution is 7.99. The Morgan fingerprint density at radius 2 is 2.35 bits per heavy atom. The van der Waals surface area contributed by atoms with Crippen molar-refractivity contribution in [2.45, 2.75) is 19.1 Å². The Labute approximate surface area is 107 Å². The molecule has 0 aromatic carbocycles. The van der Waals surface area contributed by atoms with Gasteiger partial charge in [-0.25, -0.2) is 4.98 Å². The van der Waals surface area contributed by atoms with Crippen LogP contribution in [0.2, 0.25) is 0 Å². The molecule has 4 nitrogen and oxygen atoms in total. The van der Waals surface area contributed by atoms with E-state index in [1.54, 1.807) is 25.0 Å². The first-order chi connectivity index (χ1) is 8.27. The molecule has 1 aromatic heterocycles. The molecule has 17 heavy (non-hydrogen) atoms. The number of carbonyl (C=O) groups is 1. The first-order valence-corrected chi connectivity index (χ1v) is 6.89. The maximum atomic E-state index is 11.1. The predicted octanol–water partition coefficient (Wildman–Crippen LogP) is 1.88. The van der Waals surface area contributed by atoms with E-state index in [-0.39, 0.29) is 5.91 Å². The molecule has 0 aliphatic heterocycles. The van der Waals surface area contributed by atoms with Gasteiger partial charge in [-0.15, -0.1) is 11.8 Å². The molecular formula is C12H19N3OS. The molecule has 2 N–H and O–H groups in total. The Hall–Kier alpha value is -1.23. The molecule has 1 rings (SSSR count). The summed E-state index contributed by atoms with van der Waals surface area (Å²) in [5, 5.41) is 5.90. The van der Waals surface area contributed by atoms with Crippen LogP contribution in [0.4, 0.5) is 5.82 Å². The summed E-state index contributed by atoms with van der Waals surface area (Å²) in [6.07, 6.45) is 2.85. The van der Waals surface area contributed by atoms with Crippen LogP contribution in [0, 0.1) is 0 Å². The van der Waals surface area contributed by atoms with Gasteiger partial charge in [-0.05, 0) is 12.5 Å². The van der Waals surface area contributed by atoms with Crippen molar-refractivity contribution in [3.63, 3.8) is 0 Å². The first kappa shape index (κ1) is 13.8. The summed E-state index contributed by atoms with van der Waals surface area (Å²) in [5.74, 6) is 2.27. The highest BCUT2D eigenvalue weighted by Gasteiger charge is 2.04. The van der Waals surface area contributed by atoms with Gasteiger partial charge in [0.25, 0.3) is 0 Å². The number of nitrogens with one attached hydrogen (secondary N) is 2. The van der Waals surface area contributed by atoms with Gasteiger partial charge in [0.2, 0.25) is 5.91 Å². The van der Waals surface area contributed by atoms with Crippen LogP contribution in [-0.4, -0.2) is 30.2 Å². The van der Waals surface area contributed by atoms with Crippen LogP contribution in [0.1, 0.15) is 18.9 Å². The lowest BCUT2D eigenvalue weighted by Gasteiger charge is -2.09. The highest BCUT2D eigenvalue weighted by Crippen LogP contribution is 2.18. The van der Waals surface area contributed by atoms with E-state index in [4.69, 9.17) is 0 Å². The first-order valence-electron chi connectivity index (χ1n) is 5.74. The van der Waals surface area contributed by atoms with E-state index in [0.29, 0.717) is 5.75 Å². The lowest BCUT2D eigenvalue weighted by molar-refractivity contribution is -0.118. The zero-order valence-corrected chi connectivity index (χ0v) is 11.1. The lowest BCUT2D eigenvalue weighted by atomic mass is 10.3. The van der Waals surface area contributed by atoms with Gasteiger partial charge in [0.1, 0.15) is 5.82 Å². The van der Waals surface area contributed by atoms with Crippen molar-refractivity contribution < 1.29 is 4.79 Å². The topological polar surface area (TPSA) is 54.0 Å². The number of aromatic nitrogens is 1. The minimum absolute atomic E-state index is 0.0574. The molecule has 0 atom stereocenters. The number of thioether (sulfide) groups is 1. The van der Waals surface area contributed by atoms with Crippen LogP contribution in [-0.2, 0) is 10.5 Å². The second kappa shape index (κ2) is 7.95. The van der Waals surface area contributed by atoms with E-state index in [9.17, 15) is 4.79 Å². The zero-order chi connectivity index (χ0) is 12.5. The van der Waals surface area contributed by atoms with Crippen LogP contribution in [0.15, 0.2) is 18.3 Å². The molecule has 1 heterocycles. The summed E-state index contributed by atoms with van der Waals surface area (Å²) in [6.45, 7) is 3.04. The number of anilines is 1. The third-order valence-electron chi connectivity index (χ3n) is 2.20. The standard InChI is InChI=1S/C12H19N3OS/c1-3-6-14-12-10(5-4-7-15-12)8-17-9-11(16)13-2/h4-5,7H,3,6,8-9H2,1-2H3,(H,13,16)(H,14,15). The van der Waals surface area contributed by atoms with Crippen molar-refractivity contribution in [3.05, 3.63) is 23.9 Å². The molecule has 0 unspecified atom stereocenters. The zero-order valence-electron chi connectivity index (χ0n) is 10.3. The molecule has 5 heteroatoms. The molecule has 0 spiro atoms. The molecule has 0 bridgehead atoms. The Morgan fingerprint density at radius 1 is 1.53 bits per heavy atom. The summed E-state index contributed by atoms with van der Waals surface area (Å²) in [7, 11) is 1.65. The molecule has 0 aliphatic carbocycles. The van der Waals surface area contributed by atoms with E-state index in [1.165, 1.54) is 0 Å². The van der Waals surface area contributed by atoms with Gasteiger partial charge in [-0.2, -0.15) is 0 Å². The fourth-order valence-corrected chi connectivity index (χ4v) is 2.17. The Bertz CT molecular complexity index is 357. The lowest BCUT2D eigenvalue weighted by Crippen LogP contribution is -2.19. The maximum absolute atomic E-state index is 11.1. The second-order valence-corrected chi connectivity index (χ2v) is 4.59. The maximum Gasteiger partial charge on any atom is 0.229 e. The summed E-state index contributed by atoms with van der Waals surface area (Å²) >= 11 is 1.59. The number of pyridine rings is 1. The van der Waals surface area contributed by atoms with E-state index in [1.807, 2.05) is 12.1 Å². The molecule has 94 valence electrons. The van der Waals surface area contributed by atoms with Gasteiger partial charge in [0.05, 0.1) is 5.75 Å². The Balaban J connectivity index is 2.48. The third kappa shape index (κ3) is 5.08. The number of amides is 1. The van der Waals surface area contributed by atoms with Crippen molar-refractivity contribution in [1.29, 1.82) is 0 Å². The van der Waals surface area contributed by atoms with Crippen molar-refractivity contribution in [3.8, 4) is 0 Å². The fraction of sp³-hybridized carbons (Fsp3) is 0.500. The molecule has 1 aromatic rings. The largest absolute Gasteiger partial charge is 0.370 e. The summed E-state index contributed by atoms with van der Waals surface area (Å²) in [5.41, 5.74) is 1.15. The van der Waals surface area contributed by atoms with Crippen LogP contribution in [0.3, 0.4) is 0 Å². The van der Waals surface area contributed by atoms with Crippen LogP contribution < -0.4 is 10.6 Å². The number of nitrogens with zero attached hydrogens (tertiary/aromatic N) is 1. The summed E-state index contributed by atoms with van der Waals surface area (Å²) in [6, 6.07) is 3.97. The van der Waals surface area contributed by atoms with Gasteiger partial charge in [-0.3, -0.25) is 4.79 Å². The van der Waals surface area contributed by atoms with E-state index in [2.05, 4.69) is 22.5 Å². The van der Waals surface area contributed by atoms with Crippen molar-refractivity contribution in [2.75, 3.05) is 24.7 Å². The Morgan fingerprint density at radius 3 is 3.06 bits per heavy atom. The Kier molecular flexibility index (Phi) is 6.47. The predicted molar refractivity (Wildman–Crippen MR) is 73.2 cm³/mol. The molecule has 0 saturated heterocycles. The van der Waals surface area contributed by atoms with Crippen LogP contribution >= 0.6 is 11.8 Å². The fourth-order valence-electron chi connectivity index (χ4n) is 1.28. The second-order valence-electron chi connectivity index (χ2n) is 3.60. The molecule has 0 saturated carbocycles. The monoisotopic (exact) mass is 253 g/mol. The van der Waals surface area contributed by atoms with Gasteiger partial charge >= 0.3 is 0 Å². The summed E-state index contributed by atoms with van der Waals surface area (Å²) in [4.78, 5) is 15.4. The molecule has 1 amide bonds. The number of hydrogen-bond donors (Lipinski definition) is 2. The average molecular weight is 253 g/mol. The van der Waals surface area contributed by atoms with Gasteiger partial charge in [-0.1, -0.05) is 13.0 Å². The number of rotatable bonds is 7. The third-order valence-corrected chi connectivity index (χ3v) is 3.18. The molecule has 0 radical (unpaired) electrons. The van der Waals surface area contributed by atoms with E-state index in [0.717, 1.165) is 30.1 Å². The number of carbonyl (C=O) groups excluding carboxylic acids is 1. The minimum atomic E-state index is 0.0574. The molecular weight excluding hydrogens is 234 g/mol. The highest BCUT2D eigenvalue weighted by atomic mass is 32.2. The quantitative estimate of drug-likeness (QED) is 0.779. The SMILES string of the molecule is CCCNc1ncccc1CSCC(=O)NC. The van der Waals surface area contributed by atoms with Gasteiger partial charge < -0.3 is 10.6 Å². The normalized spacial score (nSPS) is 10.0. The smallest absolute Gasteiger partial charge is 0.229 e. The average Bonchev–Trinajstić information content (AvgIpc) is 2.37. The van der Waals surface area contributed by atoms with Crippen LogP contribution in [0.5, 0.6) is 0 Å². The van der Waals surface area contributed by atoms with Crippen molar-refractivity contribution in [2.24, 2.45) is 0 Å². The minimum Gasteiger partial charge on any atom is -0.370 e. The van der Waals surface area contributed by atoms with E-state index < -0.39 is 0 Å². The number of hydrogen-bond acceptors (Lipinski definition) is 4. The molecule has 0 aliphatic rings. The van der Waals surface area contributed by atoms with Gasteiger partial charge in [0, 0.05) is 31.1 Å². The molecule has 0 fully saturated rings. The summed E-state index contributed by atoms with van der Waals surface area (Å²) < 4.78 is 0. The van der Waals surface area contributed by atoms with Crippen molar-refractivity contribution in [1.82, 2.24) is 10.3 Å². The van der Waals surface area contributed by atoms with Gasteiger partial charge in [0.15, 0.2) is 0 Å².